The summed E-state index contributed by atoms with van der Waals surface area (Å²) in [6.07, 6.45) is 0. The third-order valence-corrected chi connectivity index (χ3v) is 2.67. The molecule has 2 heterocycles. The Balaban J connectivity index is 1.67. The van der Waals surface area contributed by atoms with Gasteiger partial charge in [-0.1, -0.05) is 5.16 Å². The average Bonchev–Trinajstić information content (AvgIpc) is 2.90. The monoisotopic (exact) mass is 276 g/mol. The molecule has 0 radical (unpaired) electrons. The second-order valence-electron chi connectivity index (χ2n) is 4.17. The number of benzene rings is 1. The quantitative estimate of drug-likeness (QED) is 0.785. The van der Waals surface area contributed by atoms with Gasteiger partial charge in [-0.3, -0.25) is 0 Å². The molecule has 0 spiro atoms. The number of carbonyl (C=O) groups excluding carboxylic acids is 1. The summed E-state index contributed by atoms with van der Waals surface area (Å²) in [5, 5.41) is 3.61. The fraction of sp³-hybridized carbons (Fsp3) is 0.308. The van der Waals surface area contributed by atoms with Crippen molar-refractivity contribution in [3.05, 3.63) is 35.5 Å². The SMILES string of the molecule is Cc1noc(COC(=O)c2ccc3c(c2)OCCO3)n1. The summed E-state index contributed by atoms with van der Waals surface area (Å²) < 4.78 is 20.7. The summed E-state index contributed by atoms with van der Waals surface area (Å²) in [5.74, 6) is 1.43. The summed E-state index contributed by atoms with van der Waals surface area (Å²) in [7, 11) is 0. The van der Waals surface area contributed by atoms with E-state index < -0.39 is 5.97 Å². The van der Waals surface area contributed by atoms with E-state index >= 15 is 0 Å². The number of aryl methyl sites for hydroxylation is 1. The lowest BCUT2D eigenvalue weighted by Crippen LogP contribution is -2.16. The molecule has 3 rings (SSSR count). The van der Waals surface area contributed by atoms with E-state index in [0.29, 0.717) is 36.1 Å². The maximum atomic E-state index is 11.9. The number of hydrogen-bond donors (Lipinski definition) is 0. The first-order valence-electron chi connectivity index (χ1n) is 6.08. The Hall–Kier alpha value is -2.57. The largest absolute Gasteiger partial charge is 0.486 e. The maximum Gasteiger partial charge on any atom is 0.338 e. The van der Waals surface area contributed by atoms with Gasteiger partial charge in [-0.25, -0.2) is 4.79 Å². The van der Waals surface area contributed by atoms with Crippen molar-refractivity contribution in [3.63, 3.8) is 0 Å². The Morgan fingerprint density at radius 3 is 2.85 bits per heavy atom. The second kappa shape index (κ2) is 5.20. The van der Waals surface area contributed by atoms with E-state index in [2.05, 4.69) is 10.1 Å². The first-order valence-corrected chi connectivity index (χ1v) is 6.08. The summed E-state index contributed by atoms with van der Waals surface area (Å²) in [6, 6.07) is 4.90. The van der Waals surface area contributed by atoms with E-state index in [4.69, 9.17) is 18.7 Å². The van der Waals surface area contributed by atoms with E-state index in [0.717, 1.165) is 0 Å². The molecule has 1 aromatic carbocycles. The molecule has 0 unspecified atom stereocenters. The molecule has 7 nitrogen and oxygen atoms in total. The summed E-state index contributed by atoms with van der Waals surface area (Å²) in [5.41, 5.74) is 0.380. The van der Waals surface area contributed by atoms with Crippen LogP contribution in [-0.2, 0) is 11.3 Å². The molecule has 0 N–H and O–H groups in total. The van der Waals surface area contributed by atoms with Crippen molar-refractivity contribution in [2.24, 2.45) is 0 Å². The van der Waals surface area contributed by atoms with Gasteiger partial charge < -0.3 is 18.7 Å². The Morgan fingerprint density at radius 1 is 1.30 bits per heavy atom. The van der Waals surface area contributed by atoms with E-state index in [1.165, 1.54) is 0 Å². The molecule has 104 valence electrons. The topological polar surface area (TPSA) is 83.7 Å². The molecule has 20 heavy (non-hydrogen) atoms. The zero-order valence-electron chi connectivity index (χ0n) is 10.8. The van der Waals surface area contributed by atoms with Gasteiger partial charge in [0.05, 0.1) is 5.56 Å². The minimum Gasteiger partial charge on any atom is -0.486 e. The lowest BCUT2D eigenvalue weighted by atomic mass is 10.2. The van der Waals surface area contributed by atoms with Gasteiger partial charge in [-0.05, 0) is 25.1 Å². The second-order valence-corrected chi connectivity index (χ2v) is 4.17. The number of aromatic nitrogens is 2. The summed E-state index contributed by atoms with van der Waals surface area (Å²) in [6.45, 7) is 2.60. The van der Waals surface area contributed by atoms with E-state index in [1.807, 2.05) is 0 Å². The van der Waals surface area contributed by atoms with E-state index in [1.54, 1.807) is 25.1 Å². The van der Waals surface area contributed by atoms with Crippen molar-refractivity contribution in [3.8, 4) is 11.5 Å². The van der Waals surface area contributed by atoms with Gasteiger partial charge in [0.15, 0.2) is 23.9 Å². The number of hydrogen-bond acceptors (Lipinski definition) is 7. The number of fused-ring (bicyclic) bond motifs is 1. The molecule has 0 aliphatic carbocycles. The number of carbonyl (C=O) groups is 1. The smallest absolute Gasteiger partial charge is 0.338 e. The molecule has 0 saturated heterocycles. The third kappa shape index (κ3) is 2.56. The van der Waals surface area contributed by atoms with E-state index in [-0.39, 0.29) is 12.5 Å². The molecule has 2 aromatic rings. The van der Waals surface area contributed by atoms with Crippen molar-refractivity contribution in [2.75, 3.05) is 13.2 Å². The van der Waals surface area contributed by atoms with Crippen LogP contribution in [0.15, 0.2) is 22.7 Å². The third-order valence-electron chi connectivity index (χ3n) is 2.67. The van der Waals surface area contributed by atoms with Crippen LogP contribution in [0.3, 0.4) is 0 Å². The minimum atomic E-state index is -0.488. The predicted molar refractivity (Wildman–Crippen MR) is 65.6 cm³/mol. The van der Waals surface area contributed by atoms with Crippen molar-refractivity contribution in [2.45, 2.75) is 13.5 Å². The van der Waals surface area contributed by atoms with Crippen LogP contribution in [0.25, 0.3) is 0 Å². The zero-order chi connectivity index (χ0) is 13.9. The standard InChI is InChI=1S/C13H12N2O5/c1-8-14-12(20-15-8)7-19-13(16)9-2-3-10-11(6-9)18-5-4-17-10/h2-3,6H,4-5,7H2,1H3. The zero-order valence-corrected chi connectivity index (χ0v) is 10.8. The van der Waals surface area contributed by atoms with Crippen LogP contribution in [0.5, 0.6) is 11.5 Å². The highest BCUT2D eigenvalue weighted by molar-refractivity contribution is 5.90. The molecular weight excluding hydrogens is 264 g/mol. The van der Waals surface area contributed by atoms with Crippen LogP contribution in [0.4, 0.5) is 0 Å². The van der Waals surface area contributed by atoms with E-state index in [9.17, 15) is 4.79 Å². The molecule has 0 amide bonds. The molecule has 0 atom stereocenters. The summed E-state index contributed by atoms with van der Waals surface area (Å²) in [4.78, 5) is 15.8. The predicted octanol–water partition coefficient (Wildman–Crippen LogP) is 1.51. The van der Waals surface area contributed by atoms with Crippen LogP contribution >= 0.6 is 0 Å². The van der Waals surface area contributed by atoms with Crippen molar-refractivity contribution in [1.82, 2.24) is 10.1 Å². The Morgan fingerprint density at radius 2 is 2.10 bits per heavy atom. The van der Waals surface area contributed by atoms with Crippen molar-refractivity contribution in [1.29, 1.82) is 0 Å². The Bertz CT molecular complexity index is 637. The number of rotatable bonds is 3. The first kappa shape index (κ1) is 12.5. The van der Waals surface area contributed by atoms with Crippen molar-refractivity contribution < 1.29 is 23.5 Å². The molecule has 7 heteroatoms. The fourth-order valence-electron chi connectivity index (χ4n) is 1.78. The van der Waals surface area contributed by atoms with Crippen LogP contribution < -0.4 is 9.47 Å². The maximum absolute atomic E-state index is 11.9. The van der Waals surface area contributed by atoms with Crippen molar-refractivity contribution >= 4 is 5.97 Å². The number of ether oxygens (including phenoxy) is 3. The van der Waals surface area contributed by atoms with Gasteiger partial charge in [0, 0.05) is 0 Å². The molecule has 1 aromatic heterocycles. The highest BCUT2D eigenvalue weighted by Crippen LogP contribution is 2.30. The lowest BCUT2D eigenvalue weighted by Gasteiger charge is -2.18. The highest BCUT2D eigenvalue weighted by atomic mass is 16.6. The van der Waals surface area contributed by atoms with Gasteiger partial charge in [-0.15, -0.1) is 0 Å². The lowest BCUT2D eigenvalue weighted by molar-refractivity contribution is 0.0429. The van der Waals surface area contributed by atoms with Crippen LogP contribution in [-0.4, -0.2) is 29.3 Å². The Kier molecular flexibility index (Phi) is 3.24. The van der Waals surface area contributed by atoms with Crippen LogP contribution in [0, 0.1) is 6.92 Å². The van der Waals surface area contributed by atoms with Gasteiger partial charge in [0.25, 0.3) is 5.89 Å². The molecule has 0 fully saturated rings. The molecule has 1 aliphatic heterocycles. The minimum absolute atomic E-state index is 0.0614. The molecule has 0 saturated carbocycles. The molecule has 1 aliphatic rings. The first-order chi connectivity index (χ1) is 9.72. The van der Waals surface area contributed by atoms with Gasteiger partial charge >= 0.3 is 5.97 Å². The van der Waals surface area contributed by atoms with Gasteiger partial charge in [-0.2, -0.15) is 4.98 Å². The fourth-order valence-corrected chi connectivity index (χ4v) is 1.78. The summed E-state index contributed by atoms with van der Waals surface area (Å²) >= 11 is 0. The normalized spacial score (nSPS) is 13.1. The highest BCUT2D eigenvalue weighted by Gasteiger charge is 2.16. The molecular formula is C13H12N2O5. The van der Waals surface area contributed by atoms with Gasteiger partial charge in [0.1, 0.15) is 13.2 Å². The number of nitrogens with zero attached hydrogens (tertiary/aromatic N) is 2. The van der Waals surface area contributed by atoms with Crippen LogP contribution in [0.1, 0.15) is 22.1 Å². The number of esters is 1. The average molecular weight is 276 g/mol. The Labute approximate surface area is 114 Å². The molecule has 0 bridgehead atoms. The van der Waals surface area contributed by atoms with Gasteiger partial charge in [0.2, 0.25) is 0 Å². The van der Waals surface area contributed by atoms with Crippen LogP contribution in [0.2, 0.25) is 0 Å².